The largest absolute Gasteiger partial charge is 0.357 e. The van der Waals surface area contributed by atoms with E-state index in [1.165, 1.54) is 0 Å². The summed E-state index contributed by atoms with van der Waals surface area (Å²) in [6, 6.07) is -0.145. The SMILES string of the molecule is CCOC1CNC(=O)N1. The van der Waals surface area contributed by atoms with Gasteiger partial charge in [-0.3, -0.25) is 0 Å². The molecule has 0 aliphatic carbocycles. The van der Waals surface area contributed by atoms with Gasteiger partial charge in [0, 0.05) is 6.61 Å². The monoisotopic (exact) mass is 130 g/mol. The number of hydrogen-bond donors (Lipinski definition) is 2. The minimum absolute atomic E-state index is 0.123. The van der Waals surface area contributed by atoms with Gasteiger partial charge in [-0.2, -0.15) is 0 Å². The van der Waals surface area contributed by atoms with Crippen LogP contribution in [0.4, 0.5) is 4.79 Å². The Balaban J connectivity index is 2.22. The van der Waals surface area contributed by atoms with Gasteiger partial charge >= 0.3 is 6.03 Å². The van der Waals surface area contributed by atoms with Crippen molar-refractivity contribution in [3.63, 3.8) is 0 Å². The number of ether oxygens (including phenoxy) is 1. The minimum atomic E-state index is -0.145. The van der Waals surface area contributed by atoms with Crippen LogP contribution < -0.4 is 10.6 Å². The zero-order valence-electron chi connectivity index (χ0n) is 5.31. The van der Waals surface area contributed by atoms with E-state index in [1.807, 2.05) is 6.92 Å². The third-order valence-electron chi connectivity index (χ3n) is 1.11. The van der Waals surface area contributed by atoms with Crippen molar-refractivity contribution in [2.75, 3.05) is 13.2 Å². The molecule has 4 heteroatoms. The molecule has 1 fully saturated rings. The summed E-state index contributed by atoms with van der Waals surface area (Å²) >= 11 is 0. The smallest absolute Gasteiger partial charge is 0.317 e. The molecule has 1 heterocycles. The summed E-state index contributed by atoms with van der Waals surface area (Å²) in [4.78, 5) is 10.4. The molecule has 2 N–H and O–H groups in total. The summed E-state index contributed by atoms with van der Waals surface area (Å²) in [5.74, 6) is 0. The van der Waals surface area contributed by atoms with Gasteiger partial charge in [0.1, 0.15) is 6.23 Å². The number of rotatable bonds is 2. The van der Waals surface area contributed by atoms with E-state index in [2.05, 4.69) is 10.6 Å². The summed E-state index contributed by atoms with van der Waals surface area (Å²) < 4.78 is 5.08. The first-order chi connectivity index (χ1) is 4.33. The summed E-state index contributed by atoms with van der Waals surface area (Å²) in [5.41, 5.74) is 0. The predicted molar refractivity (Wildman–Crippen MR) is 31.9 cm³/mol. The summed E-state index contributed by atoms with van der Waals surface area (Å²) in [6.07, 6.45) is -0.123. The average Bonchev–Trinajstić information content (AvgIpc) is 2.17. The molecule has 0 aromatic heterocycles. The fourth-order valence-corrected chi connectivity index (χ4v) is 0.735. The lowest BCUT2D eigenvalue weighted by molar-refractivity contribution is 0.0640. The Kier molecular flexibility index (Phi) is 1.89. The molecule has 0 radical (unpaired) electrons. The van der Waals surface area contributed by atoms with Gasteiger partial charge in [-0.1, -0.05) is 0 Å². The van der Waals surface area contributed by atoms with Crippen molar-refractivity contribution in [3.8, 4) is 0 Å². The van der Waals surface area contributed by atoms with Gasteiger partial charge in [0.05, 0.1) is 6.54 Å². The molecule has 2 amide bonds. The van der Waals surface area contributed by atoms with Gasteiger partial charge < -0.3 is 15.4 Å². The van der Waals surface area contributed by atoms with E-state index in [-0.39, 0.29) is 12.3 Å². The van der Waals surface area contributed by atoms with Crippen LogP contribution in [0.3, 0.4) is 0 Å². The first kappa shape index (κ1) is 6.35. The van der Waals surface area contributed by atoms with Crippen LogP contribution in [0.15, 0.2) is 0 Å². The van der Waals surface area contributed by atoms with Gasteiger partial charge in [-0.05, 0) is 6.92 Å². The predicted octanol–water partition coefficient (Wildman–Crippen LogP) is -0.338. The first-order valence-corrected chi connectivity index (χ1v) is 2.99. The Bertz CT molecular complexity index is 116. The van der Waals surface area contributed by atoms with Crippen LogP contribution in [0.2, 0.25) is 0 Å². The molecule has 0 aromatic carbocycles. The molecular weight excluding hydrogens is 120 g/mol. The van der Waals surface area contributed by atoms with Crippen LogP contribution in [0, 0.1) is 0 Å². The molecule has 0 spiro atoms. The number of amides is 2. The molecule has 0 bridgehead atoms. The Morgan fingerprint density at radius 2 is 2.67 bits per heavy atom. The van der Waals surface area contributed by atoms with E-state index in [4.69, 9.17) is 4.74 Å². The number of carbonyl (C=O) groups excluding carboxylic acids is 1. The fourth-order valence-electron chi connectivity index (χ4n) is 0.735. The van der Waals surface area contributed by atoms with Crippen LogP contribution in [0.5, 0.6) is 0 Å². The molecule has 1 aliphatic rings. The van der Waals surface area contributed by atoms with Gasteiger partial charge in [0.25, 0.3) is 0 Å². The molecular formula is C5H10N2O2. The van der Waals surface area contributed by atoms with Crippen molar-refractivity contribution in [1.82, 2.24) is 10.6 Å². The minimum Gasteiger partial charge on any atom is -0.357 e. The lowest BCUT2D eigenvalue weighted by atomic mass is 10.6. The van der Waals surface area contributed by atoms with Crippen molar-refractivity contribution in [2.45, 2.75) is 13.2 Å². The first-order valence-electron chi connectivity index (χ1n) is 2.99. The zero-order valence-corrected chi connectivity index (χ0v) is 5.31. The maximum atomic E-state index is 10.4. The Hall–Kier alpha value is -0.770. The van der Waals surface area contributed by atoms with Crippen molar-refractivity contribution >= 4 is 6.03 Å². The topological polar surface area (TPSA) is 50.4 Å². The highest BCUT2D eigenvalue weighted by molar-refractivity contribution is 5.76. The molecule has 1 saturated heterocycles. The van der Waals surface area contributed by atoms with Crippen LogP contribution in [-0.2, 0) is 4.74 Å². The third kappa shape index (κ3) is 1.57. The maximum absolute atomic E-state index is 10.4. The number of carbonyl (C=O) groups is 1. The standard InChI is InChI=1S/C5H10N2O2/c1-2-9-4-3-6-5(8)7-4/h4H,2-3H2,1H3,(H2,6,7,8). The van der Waals surface area contributed by atoms with Gasteiger partial charge in [-0.25, -0.2) is 4.79 Å². The van der Waals surface area contributed by atoms with Crippen LogP contribution in [-0.4, -0.2) is 25.4 Å². The van der Waals surface area contributed by atoms with Crippen molar-refractivity contribution in [3.05, 3.63) is 0 Å². The van der Waals surface area contributed by atoms with Crippen molar-refractivity contribution in [2.24, 2.45) is 0 Å². The highest BCUT2D eigenvalue weighted by atomic mass is 16.5. The lowest BCUT2D eigenvalue weighted by Crippen LogP contribution is -2.28. The normalized spacial score (nSPS) is 25.4. The average molecular weight is 130 g/mol. The highest BCUT2D eigenvalue weighted by Gasteiger charge is 2.18. The van der Waals surface area contributed by atoms with Crippen LogP contribution in [0.25, 0.3) is 0 Å². The summed E-state index contributed by atoms with van der Waals surface area (Å²) in [5, 5.41) is 5.16. The molecule has 52 valence electrons. The van der Waals surface area contributed by atoms with E-state index in [9.17, 15) is 4.79 Å². The second-order valence-corrected chi connectivity index (χ2v) is 1.80. The third-order valence-corrected chi connectivity index (χ3v) is 1.11. The second-order valence-electron chi connectivity index (χ2n) is 1.80. The Morgan fingerprint density at radius 1 is 1.89 bits per heavy atom. The van der Waals surface area contributed by atoms with Crippen LogP contribution >= 0.6 is 0 Å². The van der Waals surface area contributed by atoms with E-state index >= 15 is 0 Å². The van der Waals surface area contributed by atoms with E-state index in [0.717, 1.165) is 0 Å². The van der Waals surface area contributed by atoms with Crippen molar-refractivity contribution in [1.29, 1.82) is 0 Å². The summed E-state index contributed by atoms with van der Waals surface area (Å²) in [7, 11) is 0. The molecule has 9 heavy (non-hydrogen) atoms. The zero-order chi connectivity index (χ0) is 6.69. The highest BCUT2D eigenvalue weighted by Crippen LogP contribution is 1.90. The Morgan fingerprint density at radius 3 is 3.11 bits per heavy atom. The molecule has 0 aromatic rings. The second kappa shape index (κ2) is 2.68. The quantitative estimate of drug-likeness (QED) is 0.537. The van der Waals surface area contributed by atoms with Crippen LogP contribution in [0.1, 0.15) is 6.92 Å². The van der Waals surface area contributed by atoms with Gasteiger partial charge in [-0.15, -0.1) is 0 Å². The number of nitrogens with one attached hydrogen (secondary N) is 2. The summed E-state index contributed by atoms with van der Waals surface area (Å²) in [6.45, 7) is 3.10. The lowest BCUT2D eigenvalue weighted by Gasteiger charge is -2.05. The Labute approximate surface area is 53.6 Å². The maximum Gasteiger partial charge on any atom is 0.317 e. The molecule has 1 aliphatic heterocycles. The van der Waals surface area contributed by atoms with E-state index < -0.39 is 0 Å². The molecule has 1 atom stereocenters. The number of urea groups is 1. The molecule has 1 unspecified atom stereocenters. The van der Waals surface area contributed by atoms with E-state index in [1.54, 1.807) is 0 Å². The van der Waals surface area contributed by atoms with Gasteiger partial charge in [0.15, 0.2) is 0 Å². The number of hydrogen-bond acceptors (Lipinski definition) is 2. The fraction of sp³-hybridized carbons (Fsp3) is 0.800. The molecule has 4 nitrogen and oxygen atoms in total. The van der Waals surface area contributed by atoms with Gasteiger partial charge in [0.2, 0.25) is 0 Å². The van der Waals surface area contributed by atoms with E-state index in [0.29, 0.717) is 13.2 Å². The molecule has 0 saturated carbocycles. The van der Waals surface area contributed by atoms with Crippen molar-refractivity contribution < 1.29 is 9.53 Å². The molecule has 1 rings (SSSR count).